The number of hydrogen-bond acceptors (Lipinski definition) is 2. The zero-order valence-corrected chi connectivity index (χ0v) is 13.6. The lowest BCUT2D eigenvalue weighted by molar-refractivity contribution is -0.138. The lowest BCUT2D eigenvalue weighted by Crippen LogP contribution is -1.96. The third-order valence-corrected chi connectivity index (χ3v) is 3.90. The van der Waals surface area contributed by atoms with Crippen molar-refractivity contribution in [2.24, 2.45) is 0 Å². The largest absolute Gasteiger partial charge is 0.481 e. The number of carboxylic acid groups (broad SMARTS) is 2. The van der Waals surface area contributed by atoms with Crippen LogP contribution in [0.4, 0.5) is 0 Å². The Bertz CT molecular complexity index is 645. The van der Waals surface area contributed by atoms with E-state index < -0.39 is 11.9 Å². The summed E-state index contributed by atoms with van der Waals surface area (Å²) in [7, 11) is 0. The Kier molecular flexibility index (Phi) is 6.55. The molecule has 126 valence electrons. The molecule has 0 amide bonds. The van der Waals surface area contributed by atoms with Gasteiger partial charge in [-0.2, -0.15) is 0 Å². The number of benzene rings is 2. The molecule has 4 nitrogen and oxygen atoms in total. The maximum atomic E-state index is 10.6. The minimum atomic E-state index is -0.764. The van der Waals surface area contributed by atoms with E-state index in [1.165, 1.54) is 0 Å². The van der Waals surface area contributed by atoms with Crippen molar-refractivity contribution < 1.29 is 19.8 Å². The van der Waals surface area contributed by atoms with Gasteiger partial charge in [0.25, 0.3) is 0 Å². The summed E-state index contributed by atoms with van der Waals surface area (Å²) < 4.78 is 0. The third-order valence-electron chi connectivity index (χ3n) is 3.90. The van der Waals surface area contributed by atoms with Crippen LogP contribution in [-0.4, -0.2) is 22.2 Å². The molecule has 4 heteroatoms. The maximum Gasteiger partial charge on any atom is 0.303 e. The minimum absolute atomic E-state index is 0.184. The van der Waals surface area contributed by atoms with Crippen LogP contribution in [0.25, 0.3) is 11.1 Å². The number of rotatable bonds is 9. The summed E-state index contributed by atoms with van der Waals surface area (Å²) >= 11 is 0. The van der Waals surface area contributed by atoms with Gasteiger partial charge in [-0.05, 0) is 47.9 Å². The highest BCUT2D eigenvalue weighted by atomic mass is 16.4. The van der Waals surface area contributed by atoms with Crippen molar-refractivity contribution in [1.29, 1.82) is 0 Å². The molecule has 2 aromatic rings. The molecule has 2 N–H and O–H groups in total. The molecule has 2 aromatic carbocycles. The first-order chi connectivity index (χ1) is 11.5. The van der Waals surface area contributed by atoms with Crippen molar-refractivity contribution in [3.63, 3.8) is 0 Å². The van der Waals surface area contributed by atoms with Crippen molar-refractivity contribution in [1.82, 2.24) is 0 Å². The highest BCUT2D eigenvalue weighted by Gasteiger charge is 2.04. The van der Waals surface area contributed by atoms with Crippen LogP contribution in [0.2, 0.25) is 0 Å². The quantitative estimate of drug-likeness (QED) is 0.725. The molecule has 0 radical (unpaired) electrons. The smallest absolute Gasteiger partial charge is 0.303 e. The highest BCUT2D eigenvalue weighted by Crippen LogP contribution is 2.23. The lowest BCUT2D eigenvalue weighted by atomic mass is 9.98. The minimum Gasteiger partial charge on any atom is -0.481 e. The van der Waals surface area contributed by atoms with E-state index in [1.807, 2.05) is 36.4 Å². The summed E-state index contributed by atoms with van der Waals surface area (Å²) in [6.45, 7) is 0. The Balaban J connectivity index is 2.05. The van der Waals surface area contributed by atoms with Crippen LogP contribution in [0.1, 0.15) is 36.8 Å². The van der Waals surface area contributed by atoms with Crippen LogP contribution >= 0.6 is 0 Å². The number of carboxylic acids is 2. The molecule has 0 saturated carbocycles. The SMILES string of the molecule is O=C(O)CCCc1cccc(-c2cccc(CCCC(=O)O)c2)c1. The molecule has 0 atom stereocenters. The topological polar surface area (TPSA) is 74.6 Å². The second-order valence-corrected chi connectivity index (χ2v) is 5.90. The predicted octanol–water partition coefficient (Wildman–Crippen LogP) is 4.17. The maximum absolute atomic E-state index is 10.6. The average molecular weight is 326 g/mol. The van der Waals surface area contributed by atoms with Gasteiger partial charge in [-0.1, -0.05) is 48.5 Å². The van der Waals surface area contributed by atoms with E-state index in [4.69, 9.17) is 10.2 Å². The molecule has 0 aliphatic rings. The average Bonchev–Trinajstić information content (AvgIpc) is 2.55. The van der Waals surface area contributed by atoms with Gasteiger partial charge >= 0.3 is 11.9 Å². The van der Waals surface area contributed by atoms with Gasteiger partial charge < -0.3 is 10.2 Å². The fourth-order valence-electron chi connectivity index (χ4n) is 2.70. The monoisotopic (exact) mass is 326 g/mol. The van der Waals surface area contributed by atoms with Gasteiger partial charge in [0.1, 0.15) is 0 Å². The van der Waals surface area contributed by atoms with Crippen LogP contribution in [0, 0.1) is 0 Å². The molecule has 0 aliphatic carbocycles. The summed E-state index contributed by atoms with van der Waals surface area (Å²) in [5.41, 5.74) is 4.46. The van der Waals surface area contributed by atoms with E-state index >= 15 is 0 Å². The lowest BCUT2D eigenvalue weighted by Gasteiger charge is -2.08. The second kappa shape index (κ2) is 8.87. The van der Waals surface area contributed by atoms with Gasteiger partial charge in [0.15, 0.2) is 0 Å². The van der Waals surface area contributed by atoms with E-state index in [2.05, 4.69) is 12.1 Å². The van der Waals surface area contributed by atoms with Crippen molar-refractivity contribution in [2.45, 2.75) is 38.5 Å². The second-order valence-electron chi connectivity index (χ2n) is 5.90. The standard InChI is InChI=1S/C20H22O4/c21-19(22)11-3-7-15-5-1-9-17(13-15)18-10-2-6-16(14-18)8-4-12-20(23)24/h1-2,5-6,9-10,13-14H,3-4,7-8,11-12H2,(H,21,22)(H,23,24). The van der Waals surface area contributed by atoms with Crippen LogP contribution < -0.4 is 0 Å². The zero-order chi connectivity index (χ0) is 17.4. The van der Waals surface area contributed by atoms with Crippen LogP contribution in [0.15, 0.2) is 48.5 Å². The third kappa shape index (κ3) is 5.88. The number of hydrogen-bond donors (Lipinski definition) is 2. The molecule has 0 heterocycles. The van der Waals surface area contributed by atoms with Crippen molar-refractivity contribution in [2.75, 3.05) is 0 Å². The predicted molar refractivity (Wildman–Crippen MR) is 93.0 cm³/mol. The molecule has 0 saturated heterocycles. The molecule has 0 unspecified atom stereocenters. The Hall–Kier alpha value is -2.62. The molecule has 0 fully saturated rings. The van der Waals surface area contributed by atoms with E-state index in [-0.39, 0.29) is 12.8 Å². The molecule has 0 aromatic heterocycles. The number of aliphatic carboxylic acids is 2. The van der Waals surface area contributed by atoms with Gasteiger partial charge in [0.05, 0.1) is 0 Å². The molecule has 24 heavy (non-hydrogen) atoms. The Morgan fingerprint density at radius 1 is 0.708 bits per heavy atom. The van der Waals surface area contributed by atoms with Gasteiger partial charge in [0, 0.05) is 12.8 Å². The first-order valence-corrected chi connectivity index (χ1v) is 8.16. The molecular formula is C20H22O4. The first kappa shape index (κ1) is 17.7. The Labute approximate surface area is 141 Å². The van der Waals surface area contributed by atoms with Gasteiger partial charge in [-0.25, -0.2) is 0 Å². The van der Waals surface area contributed by atoms with E-state index in [0.29, 0.717) is 12.8 Å². The summed E-state index contributed by atoms with van der Waals surface area (Å²) in [5.74, 6) is -1.53. The molecule has 0 spiro atoms. The number of aryl methyl sites for hydroxylation is 2. The normalized spacial score (nSPS) is 10.5. The van der Waals surface area contributed by atoms with Gasteiger partial charge in [0.2, 0.25) is 0 Å². The van der Waals surface area contributed by atoms with Gasteiger partial charge in [-0.3, -0.25) is 9.59 Å². The molecule has 0 aliphatic heterocycles. The summed E-state index contributed by atoms with van der Waals surface area (Å²) in [5, 5.41) is 17.4. The van der Waals surface area contributed by atoms with Crippen LogP contribution in [0.5, 0.6) is 0 Å². The summed E-state index contributed by atoms with van der Waals surface area (Å²) in [6.07, 6.45) is 3.13. The van der Waals surface area contributed by atoms with Gasteiger partial charge in [-0.15, -0.1) is 0 Å². The van der Waals surface area contributed by atoms with Crippen LogP contribution in [0.3, 0.4) is 0 Å². The van der Waals surface area contributed by atoms with E-state index in [0.717, 1.165) is 35.1 Å². The molecule has 0 bridgehead atoms. The van der Waals surface area contributed by atoms with Crippen molar-refractivity contribution in [3.8, 4) is 11.1 Å². The first-order valence-electron chi connectivity index (χ1n) is 8.16. The van der Waals surface area contributed by atoms with Crippen molar-refractivity contribution >= 4 is 11.9 Å². The summed E-state index contributed by atoms with van der Waals surface area (Å²) in [4.78, 5) is 21.2. The highest BCUT2D eigenvalue weighted by molar-refractivity contribution is 5.67. The molecule has 2 rings (SSSR count). The fraction of sp³-hybridized carbons (Fsp3) is 0.300. The Morgan fingerprint density at radius 2 is 1.12 bits per heavy atom. The van der Waals surface area contributed by atoms with E-state index in [9.17, 15) is 9.59 Å². The summed E-state index contributed by atoms with van der Waals surface area (Å²) in [6, 6.07) is 16.3. The molecular weight excluding hydrogens is 304 g/mol. The Morgan fingerprint density at radius 3 is 1.50 bits per heavy atom. The van der Waals surface area contributed by atoms with E-state index in [1.54, 1.807) is 0 Å². The van der Waals surface area contributed by atoms with Crippen LogP contribution in [-0.2, 0) is 22.4 Å². The number of carbonyl (C=O) groups is 2. The fourth-order valence-corrected chi connectivity index (χ4v) is 2.70. The van der Waals surface area contributed by atoms with Crippen molar-refractivity contribution in [3.05, 3.63) is 59.7 Å². The zero-order valence-electron chi connectivity index (χ0n) is 13.6.